The molecule has 0 fully saturated rings. The number of ether oxygens (including phenoxy) is 1. The van der Waals surface area contributed by atoms with Crippen molar-refractivity contribution in [1.29, 1.82) is 0 Å². The molecule has 0 aliphatic heterocycles. The van der Waals surface area contributed by atoms with Crippen LogP contribution < -0.4 is 0 Å². The number of carbonyl (C=O) groups is 1. The molecule has 0 spiro atoms. The molecule has 0 bridgehead atoms. The number of aryl methyl sites for hydroxylation is 1. The Morgan fingerprint density at radius 3 is 2.50 bits per heavy atom. The van der Waals surface area contributed by atoms with Crippen LogP contribution >= 0.6 is 0 Å². The van der Waals surface area contributed by atoms with Crippen LogP contribution in [-0.4, -0.2) is 17.1 Å². The highest BCUT2D eigenvalue weighted by molar-refractivity contribution is 5.69. The Kier molecular flexibility index (Phi) is 3.33. The Morgan fingerprint density at radius 1 is 1.43 bits per heavy atom. The highest BCUT2D eigenvalue weighted by atomic mass is 16.5. The Labute approximate surface area is 84.7 Å². The molecule has 0 N–H and O–H groups in total. The van der Waals surface area contributed by atoms with Crippen LogP contribution in [0.3, 0.4) is 0 Å². The second-order valence-electron chi connectivity index (χ2n) is 3.46. The summed E-state index contributed by atoms with van der Waals surface area (Å²) in [5, 5.41) is 0. The number of hydrogen-bond donors (Lipinski definition) is 0. The van der Waals surface area contributed by atoms with Gasteiger partial charge in [0.2, 0.25) is 0 Å². The van der Waals surface area contributed by atoms with Crippen LogP contribution in [0, 0.1) is 20.8 Å². The van der Waals surface area contributed by atoms with Crippen LogP contribution in [0.5, 0.6) is 0 Å². The summed E-state index contributed by atoms with van der Waals surface area (Å²) < 4.78 is 6.82. The normalized spacial score (nSPS) is 10.3. The molecule has 78 valence electrons. The van der Waals surface area contributed by atoms with Gasteiger partial charge in [-0.1, -0.05) is 0 Å². The van der Waals surface area contributed by atoms with Crippen molar-refractivity contribution in [3.63, 3.8) is 0 Å². The van der Waals surface area contributed by atoms with Crippen molar-refractivity contribution >= 4 is 5.97 Å². The van der Waals surface area contributed by atoms with E-state index in [4.69, 9.17) is 4.74 Å². The zero-order valence-electron chi connectivity index (χ0n) is 9.26. The standard InChI is InChI=1S/C11H17NO2/c1-5-14-11(13)7-12-6-8(2)9(3)10(12)4/h6H,5,7H2,1-4H3. The van der Waals surface area contributed by atoms with Crippen LogP contribution in [-0.2, 0) is 16.1 Å². The Morgan fingerprint density at radius 2 is 2.07 bits per heavy atom. The van der Waals surface area contributed by atoms with Gasteiger partial charge in [0.05, 0.1) is 6.61 Å². The van der Waals surface area contributed by atoms with E-state index in [0.29, 0.717) is 13.2 Å². The van der Waals surface area contributed by atoms with Gasteiger partial charge in [-0.2, -0.15) is 0 Å². The van der Waals surface area contributed by atoms with Gasteiger partial charge in [-0.15, -0.1) is 0 Å². The average Bonchev–Trinajstić information content (AvgIpc) is 2.34. The lowest BCUT2D eigenvalue weighted by molar-refractivity contribution is -0.143. The summed E-state index contributed by atoms with van der Waals surface area (Å²) in [4.78, 5) is 11.2. The lowest BCUT2D eigenvalue weighted by Gasteiger charge is -2.05. The maximum absolute atomic E-state index is 11.2. The molecular formula is C11H17NO2. The largest absolute Gasteiger partial charge is 0.465 e. The summed E-state index contributed by atoms with van der Waals surface area (Å²) in [7, 11) is 0. The van der Waals surface area contributed by atoms with Gasteiger partial charge in [-0.25, -0.2) is 0 Å². The third-order valence-electron chi connectivity index (χ3n) is 2.52. The average molecular weight is 195 g/mol. The smallest absolute Gasteiger partial charge is 0.325 e. The lowest BCUT2D eigenvalue weighted by Crippen LogP contribution is -2.13. The predicted octanol–water partition coefficient (Wildman–Crippen LogP) is 1.98. The molecule has 0 aromatic carbocycles. The number of aromatic nitrogens is 1. The number of nitrogens with zero attached hydrogens (tertiary/aromatic N) is 1. The minimum absolute atomic E-state index is 0.175. The van der Waals surface area contributed by atoms with Crippen molar-refractivity contribution in [3.8, 4) is 0 Å². The predicted molar refractivity (Wildman–Crippen MR) is 55.3 cm³/mol. The molecule has 0 saturated heterocycles. The third kappa shape index (κ3) is 2.16. The summed E-state index contributed by atoms with van der Waals surface area (Å²) in [6, 6.07) is 0. The van der Waals surface area contributed by atoms with Gasteiger partial charge in [0.25, 0.3) is 0 Å². The molecule has 3 heteroatoms. The first-order valence-corrected chi connectivity index (χ1v) is 4.84. The van der Waals surface area contributed by atoms with Crippen LogP contribution in [0.2, 0.25) is 0 Å². The molecule has 0 aliphatic rings. The molecule has 1 aromatic rings. The summed E-state index contributed by atoms with van der Waals surface area (Å²) in [5.74, 6) is -0.175. The number of rotatable bonds is 3. The highest BCUT2D eigenvalue weighted by Crippen LogP contribution is 2.14. The molecule has 0 saturated carbocycles. The van der Waals surface area contributed by atoms with E-state index < -0.39 is 0 Å². The highest BCUT2D eigenvalue weighted by Gasteiger charge is 2.08. The maximum atomic E-state index is 11.2. The fourth-order valence-electron chi connectivity index (χ4n) is 1.44. The first-order chi connectivity index (χ1) is 6.56. The maximum Gasteiger partial charge on any atom is 0.325 e. The number of hydrogen-bond acceptors (Lipinski definition) is 2. The van der Waals surface area contributed by atoms with Crippen molar-refractivity contribution in [3.05, 3.63) is 23.0 Å². The van der Waals surface area contributed by atoms with E-state index in [1.54, 1.807) is 0 Å². The van der Waals surface area contributed by atoms with Crippen LogP contribution in [0.4, 0.5) is 0 Å². The van der Waals surface area contributed by atoms with E-state index in [1.807, 2.05) is 31.5 Å². The van der Waals surface area contributed by atoms with Crippen molar-refractivity contribution in [2.75, 3.05) is 6.61 Å². The monoisotopic (exact) mass is 195 g/mol. The molecule has 0 aliphatic carbocycles. The van der Waals surface area contributed by atoms with Gasteiger partial charge in [-0.3, -0.25) is 4.79 Å². The molecular weight excluding hydrogens is 178 g/mol. The zero-order valence-corrected chi connectivity index (χ0v) is 9.26. The molecule has 14 heavy (non-hydrogen) atoms. The molecule has 0 atom stereocenters. The summed E-state index contributed by atoms with van der Waals surface area (Å²) >= 11 is 0. The Hall–Kier alpha value is -1.25. The molecule has 3 nitrogen and oxygen atoms in total. The van der Waals surface area contributed by atoms with E-state index in [-0.39, 0.29) is 5.97 Å². The first-order valence-electron chi connectivity index (χ1n) is 4.84. The minimum atomic E-state index is -0.175. The van der Waals surface area contributed by atoms with E-state index in [2.05, 4.69) is 6.92 Å². The number of carbonyl (C=O) groups excluding carboxylic acids is 1. The molecule has 1 aromatic heterocycles. The van der Waals surface area contributed by atoms with Crippen LogP contribution in [0.15, 0.2) is 6.20 Å². The molecule has 1 heterocycles. The Bertz CT molecular complexity index is 339. The first kappa shape index (κ1) is 10.8. The van der Waals surface area contributed by atoms with Crippen molar-refractivity contribution < 1.29 is 9.53 Å². The van der Waals surface area contributed by atoms with Crippen molar-refractivity contribution in [1.82, 2.24) is 4.57 Å². The molecule has 1 rings (SSSR count). The summed E-state index contributed by atoms with van der Waals surface area (Å²) in [6.45, 7) is 8.69. The third-order valence-corrected chi connectivity index (χ3v) is 2.52. The van der Waals surface area contributed by atoms with E-state index in [0.717, 1.165) is 5.69 Å². The van der Waals surface area contributed by atoms with Gasteiger partial charge in [0.15, 0.2) is 0 Å². The van der Waals surface area contributed by atoms with E-state index >= 15 is 0 Å². The Balaban J connectivity index is 2.77. The fourth-order valence-corrected chi connectivity index (χ4v) is 1.44. The van der Waals surface area contributed by atoms with Gasteiger partial charge in [0.1, 0.15) is 6.54 Å². The van der Waals surface area contributed by atoms with Crippen LogP contribution in [0.25, 0.3) is 0 Å². The minimum Gasteiger partial charge on any atom is -0.465 e. The lowest BCUT2D eigenvalue weighted by atomic mass is 10.2. The van der Waals surface area contributed by atoms with Crippen molar-refractivity contribution in [2.45, 2.75) is 34.2 Å². The van der Waals surface area contributed by atoms with Gasteiger partial charge >= 0.3 is 5.97 Å². The van der Waals surface area contributed by atoms with E-state index in [1.165, 1.54) is 11.1 Å². The topological polar surface area (TPSA) is 31.2 Å². The molecule has 0 radical (unpaired) electrons. The van der Waals surface area contributed by atoms with Crippen LogP contribution in [0.1, 0.15) is 23.7 Å². The second kappa shape index (κ2) is 4.31. The second-order valence-corrected chi connectivity index (χ2v) is 3.46. The van der Waals surface area contributed by atoms with Crippen molar-refractivity contribution in [2.24, 2.45) is 0 Å². The van der Waals surface area contributed by atoms with Gasteiger partial charge in [0, 0.05) is 11.9 Å². The summed E-state index contributed by atoms with van der Waals surface area (Å²) in [5.41, 5.74) is 3.59. The SMILES string of the molecule is CCOC(=O)Cn1cc(C)c(C)c1C. The molecule has 0 unspecified atom stereocenters. The quantitative estimate of drug-likeness (QED) is 0.690. The fraction of sp³-hybridized carbons (Fsp3) is 0.545. The zero-order chi connectivity index (χ0) is 10.7. The number of esters is 1. The summed E-state index contributed by atoms with van der Waals surface area (Å²) in [6.07, 6.45) is 1.99. The van der Waals surface area contributed by atoms with Gasteiger partial charge < -0.3 is 9.30 Å². The molecule has 0 amide bonds. The van der Waals surface area contributed by atoms with E-state index in [9.17, 15) is 4.79 Å². The van der Waals surface area contributed by atoms with Gasteiger partial charge in [-0.05, 0) is 38.8 Å².